The third-order valence-corrected chi connectivity index (χ3v) is 6.89. The van der Waals surface area contributed by atoms with E-state index < -0.39 is 21.4 Å². The molecule has 4 rings (SSSR count). The minimum absolute atomic E-state index is 0.123. The molecule has 4 aromatic rings. The molecule has 0 aliphatic heterocycles. The van der Waals surface area contributed by atoms with Crippen molar-refractivity contribution in [2.45, 2.75) is 9.79 Å². The number of rotatable bonds is 7. The first-order valence-corrected chi connectivity index (χ1v) is 11.7. The number of ketones is 2. The highest BCUT2D eigenvalue weighted by Crippen LogP contribution is 2.27. The third-order valence-electron chi connectivity index (χ3n) is 4.85. The lowest BCUT2D eigenvalue weighted by Crippen LogP contribution is -2.14. The van der Waals surface area contributed by atoms with Crippen molar-refractivity contribution < 1.29 is 22.7 Å². The van der Waals surface area contributed by atoms with Crippen molar-refractivity contribution >= 4 is 33.0 Å². The molecular formula is C26H17ClO5S. The molecule has 7 heteroatoms. The van der Waals surface area contributed by atoms with Gasteiger partial charge in [0, 0.05) is 16.1 Å². The summed E-state index contributed by atoms with van der Waals surface area (Å²) in [6.07, 6.45) is 0. The first-order chi connectivity index (χ1) is 15.8. The zero-order valence-electron chi connectivity index (χ0n) is 17.1. The Labute approximate surface area is 196 Å². The van der Waals surface area contributed by atoms with Crippen LogP contribution in [0, 0.1) is 0 Å². The molecule has 0 heterocycles. The smallest absolute Gasteiger partial charge is 0.233 e. The number of carbonyl (C=O) groups is 2. The lowest BCUT2D eigenvalue weighted by atomic mass is 10.0. The number of ether oxygens (including phenoxy) is 1. The van der Waals surface area contributed by atoms with Crippen LogP contribution in [0.1, 0.15) is 20.7 Å². The summed E-state index contributed by atoms with van der Waals surface area (Å²) in [5.74, 6) is -0.331. The molecule has 0 fully saturated rings. The van der Waals surface area contributed by atoms with Gasteiger partial charge in [-0.3, -0.25) is 9.59 Å². The normalized spacial score (nSPS) is 11.1. The number of hydrogen-bond donors (Lipinski definition) is 0. The summed E-state index contributed by atoms with van der Waals surface area (Å²) in [7, 11) is -3.68. The van der Waals surface area contributed by atoms with Gasteiger partial charge in [-0.25, -0.2) is 8.42 Å². The number of hydrogen-bond acceptors (Lipinski definition) is 5. The Balaban J connectivity index is 1.46. The minimum atomic E-state index is -3.68. The van der Waals surface area contributed by atoms with E-state index in [0.29, 0.717) is 22.1 Å². The average molecular weight is 477 g/mol. The molecule has 4 aromatic carbocycles. The molecule has 0 saturated carbocycles. The van der Waals surface area contributed by atoms with Crippen LogP contribution in [0.25, 0.3) is 0 Å². The van der Waals surface area contributed by atoms with Gasteiger partial charge in [0.25, 0.3) is 0 Å². The van der Waals surface area contributed by atoms with Crippen molar-refractivity contribution in [2.75, 3.05) is 0 Å². The molecule has 0 radical (unpaired) electrons. The molecule has 0 atom stereocenters. The molecule has 0 bridgehead atoms. The molecule has 0 N–H and O–H groups in total. The van der Waals surface area contributed by atoms with E-state index in [1.54, 1.807) is 54.6 Å². The van der Waals surface area contributed by atoms with Crippen LogP contribution in [0.2, 0.25) is 5.02 Å². The summed E-state index contributed by atoms with van der Waals surface area (Å²) in [4.78, 5) is 25.0. The topological polar surface area (TPSA) is 77.5 Å². The molecule has 0 aromatic heterocycles. The standard InChI is InChI=1S/C26H17ClO5S/c27-20-8-14-23(15-9-20)33(30,31)24-16-12-22(13-17-24)32-21-10-6-19(7-11-21)26(29)25(28)18-4-2-1-3-5-18/h1-17H. The maximum atomic E-state index is 12.7. The van der Waals surface area contributed by atoms with Crippen molar-refractivity contribution in [1.82, 2.24) is 0 Å². The minimum Gasteiger partial charge on any atom is -0.457 e. The molecule has 33 heavy (non-hydrogen) atoms. The van der Waals surface area contributed by atoms with Crippen LogP contribution in [0.4, 0.5) is 0 Å². The van der Waals surface area contributed by atoms with E-state index in [1.807, 2.05) is 0 Å². The van der Waals surface area contributed by atoms with Crippen LogP contribution in [0.3, 0.4) is 0 Å². The maximum Gasteiger partial charge on any atom is 0.233 e. The van der Waals surface area contributed by atoms with Crippen LogP contribution in [-0.2, 0) is 9.84 Å². The number of Topliss-reactive ketones (excluding diaryl/α,β-unsaturated/α-hetero) is 2. The van der Waals surface area contributed by atoms with Crippen LogP contribution in [0.5, 0.6) is 11.5 Å². The van der Waals surface area contributed by atoms with E-state index in [1.165, 1.54) is 48.5 Å². The molecule has 0 unspecified atom stereocenters. The monoisotopic (exact) mass is 476 g/mol. The fourth-order valence-electron chi connectivity index (χ4n) is 3.10. The van der Waals surface area contributed by atoms with E-state index in [2.05, 4.69) is 0 Å². The summed E-state index contributed by atoms with van der Waals surface area (Å²) >= 11 is 5.83. The van der Waals surface area contributed by atoms with Gasteiger partial charge in [-0.15, -0.1) is 0 Å². The van der Waals surface area contributed by atoms with Crippen LogP contribution < -0.4 is 4.74 Å². The summed E-state index contributed by atoms with van der Waals surface area (Å²) in [5, 5.41) is 0.454. The zero-order valence-corrected chi connectivity index (χ0v) is 18.7. The lowest BCUT2D eigenvalue weighted by Gasteiger charge is -2.09. The first kappa shape index (κ1) is 22.5. The quantitative estimate of drug-likeness (QED) is 0.240. The Kier molecular flexibility index (Phi) is 6.40. The van der Waals surface area contributed by atoms with Crippen molar-refractivity contribution in [3.8, 4) is 11.5 Å². The fraction of sp³-hybridized carbons (Fsp3) is 0. The number of halogens is 1. The molecule has 5 nitrogen and oxygen atoms in total. The molecular weight excluding hydrogens is 460 g/mol. The Morgan fingerprint density at radius 3 is 1.52 bits per heavy atom. The van der Waals surface area contributed by atoms with E-state index in [0.717, 1.165) is 0 Å². The summed E-state index contributed by atoms with van der Waals surface area (Å²) in [6, 6.07) is 26.5. The van der Waals surface area contributed by atoms with Crippen molar-refractivity contribution in [2.24, 2.45) is 0 Å². The van der Waals surface area contributed by atoms with E-state index in [-0.39, 0.29) is 15.4 Å². The average Bonchev–Trinajstić information content (AvgIpc) is 2.85. The molecule has 0 aliphatic carbocycles. The zero-order chi connectivity index (χ0) is 23.4. The maximum absolute atomic E-state index is 12.7. The first-order valence-electron chi connectivity index (χ1n) is 9.87. The van der Waals surface area contributed by atoms with Gasteiger partial charge in [0.05, 0.1) is 9.79 Å². The highest BCUT2D eigenvalue weighted by molar-refractivity contribution is 7.91. The Bertz CT molecular complexity index is 1390. The van der Waals surface area contributed by atoms with Crippen molar-refractivity contribution in [3.63, 3.8) is 0 Å². The second kappa shape index (κ2) is 9.40. The van der Waals surface area contributed by atoms with Gasteiger partial charge in [0.1, 0.15) is 11.5 Å². The van der Waals surface area contributed by atoms with Crippen molar-refractivity contribution in [3.05, 3.63) is 119 Å². The van der Waals surface area contributed by atoms with Crippen LogP contribution in [0.15, 0.2) is 113 Å². The van der Waals surface area contributed by atoms with Gasteiger partial charge >= 0.3 is 0 Å². The highest BCUT2D eigenvalue weighted by atomic mass is 35.5. The van der Waals surface area contributed by atoms with Gasteiger partial charge in [0.2, 0.25) is 21.4 Å². The fourth-order valence-corrected chi connectivity index (χ4v) is 4.49. The summed E-state index contributed by atoms with van der Waals surface area (Å²) in [5.41, 5.74) is 0.581. The molecule has 0 saturated heterocycles. The van der Waals surface area contributed by atoms with Gasteiger partial charge in [-0.05, 0) is 72.8 Å². The van der Waals surface area contributed by atoms with Gasteiger partial charge in [0.15, 0.2) is 0 Å². The Morgan fingerprint density at radius 2 is 1.00 bits per heavy atom. The summed E-state index contributed by atoms with van der Waals surface area (Å²) < 4.78 is 31.2. The van der Waals surface area contributed by atoms with E-state index in [4.69, 9.17) is 16.3 Å². The second-order valence-electron chi connectivity index (χ2n) is 7.08. The number of carbonyl (C=O) groups excluding carboxylic acids is 2. The van der Waals surface area contributed by atoms with Gasteiger partial charge < -0.3 is 4.74 Å². The van der Waals surface area contributed by atoms with E-state index in [9.17, 15) is 18.0 Å². The largest absolute Gasteiger partial charge is 0.457 e. The number of benzene rings is 4. The lowest BCUT2D eigenvalue weighted by molar-refractivity contribution is 0.0817. The van der Waals surface area contributed by atoms with Crippen LogP contribution >= 0.6 is 11.6 Å². The molecule has 0 amide bonds. The van der Waals surface area contributed by atoms with Crippen molar-refractivity contribution in [1.29, 1.82) is 0 Å². The third kappa shape index (κ3) is 5.03. The number of sulfone groups is 1. The molecule has 164 valence electrons. The van der Waals surface area contributed by atoms with Crippen LogP contribution in [-0.4, -0.2) is 20.0 Å². The van der Waals surface area contributed by atoms with Gasteiger partial charge in [-0.2, -0.15) is 0 Å². The SMILES string of the molecule is O=C(C(=O)c1ccc(Oc2ccc(S(=O)(=O)c3ccc(Cl)cc3)cc2)cc1)c1ccccc1. The predicted octanol–water partition coefficient (Wildman–Crippen LogP) is 6.03. The Hall–Kier alpha value is -3.74. The predicted molar refractivity (Wildman–Crippen MR) is 125 cm³/mol. The summed E-state index contributed by atoms with van der Waals surface area (Å²) in [6.45, 7) is 0. The van der Waals surface area contributed by atoms with E-state index >= 15 is 0 Å². The Morgan fingerprint density at radius 1 is 0.576 bits per heavy atom. The second-order valence-corrected chi connectivity index (χ2v) is 9.47. The molecule has 0 aliphatic rings. The molecule has 0 spiro atoms. The highest BCUT2D eigenvalue weighted by Gasteiger charge is 2.19. The van der Waals surface area contributed by atoms with Gasteiger partial charge in [-0.1, -0.05) is 41.9 Å².